The van der Waals surface area contributed by atoms with Gasteiger partial charge in [0.2, 0.25) is 5.91 Å². The third-order valence-electron chi connectivity index (χ3n) is 5.39. The van der Waals surface area contributed by atoms with E-state index in [9.17, 15) is 9.59 Å². The van der Waals surface area contributed by atoms with Crippen LogP contribution in [0.4, 0.5) is 0 Å². The Balaban J connectivity index is 1.45. The lowest BCUT2D eigenvalue weighted by molar-refractivity contribution is -0.145. The number of hydrogen-bond donors (Lipinski definition) is 1. The Hall–Kier alpha value is -2.70. The van der Waals surface area contributed by atoms with Crippen LogP contribution in [0.3, 0.4) is 0 Å². The molecule has 136 valence electrons. The molecule has 1 N–H and O–H groups in total. The van der Waals surface area contributed by atoms with Gasteiger partial charge in [-0.15, -0.1) is 0 Å². The summed E-state index contributed by atoms with van der Waals surface area (Å²) >= 11 is 0. The third kappa shape index (κ3) is 3.09. The summed E-state index contributed by atoms with van der Waals surface area (Å²) in [4.78, 5) is 38.6. The molecule has 1 fully saturated rings. The van der Waals surface area contributed by atoms with Crippen molar-refractivity contribution in [2.24, 2.45) is 11.8 Å². The molecule has 0 saturated heterocycles. The number of H-pyrrole nitrogens is 1. The normalized spacial score (nSPS) is 22.1. The van der Waals surface area contributed by atoms with Gasteiger partial charge in [0.05, 0.1) is 31.0 Å². The molecular formula is C19H22N4O3. The molecule has 0 aromatic carbocycles. The minimum Gasteiger partial charge on any atom is -0.469 e. The smallest absolute Gasteiger partial charge is 0.308 e. The first-order valence-electron chi connectivity index (χ1n) is 9.00. The number of esters is 1. The fourth-order valence-corrected chi connectivity index (χ4v) is 3.97. The van der Waals surface area contributed by atoms with Crippen molar-refractivity contribution in [2.75, 3.05) is 13.7 Å². The predicted octanol–water partition coefficient (Wildman–Crippen LogP) is 1.95. The highest BCUT2D eigenvalue weighted by Crippen LogP contribution is 2.34. The van der Waals surface area contributed by atoms with Crippen molar-refractivity contribution in [2.45, 2.75) is 32.2 Å². The number of fused-ring (bicyclic) bond motifs is 1. The van der Waals surface area contributed by atoms with Crippen LogP contribution in [0.2, 0.25) is 0 Å². The Morgan fingerprint density at radius 3 is 2.92 bits per heavy atom. The largest absolute Gasteiger partial charge is 0.469 e. The van der Waals surface area contributed by atoms with E-state index < -0.39 is 0 Å². The average molecular weight is 354 g/mol. The Kier molecular flexibility index (Phi) is 4.44. The van der Waals surface area contributed by atoms with Crippen molar-refractivity contribution in [3.8, 4) is 11.4 Å². The number of aromatic nitrogens is 3. The maximum atomic E-state index is 12.9. The zero-order valence-corrected chi connectivity index (χ0v) is 14.8. The van der Waals surface area contributed by atoms with Crippen molar-refractivity contribution < 1.29 is 14.3 Å². The summed E-state index contributed by atoms with van der Waals surface area (Å²) < 4.78 is 4.82. The van der Waals surface area contributed by atoms with Gasteiger partial charge in [-0.1, -0.05) is 0 Å². The van der Waals surface area contributed by atoms with Gasteiger partial charge in [-0.05, 0) is 31.4 Å². The van der Waals surface area contributed by atoms with E-state index in [2.05, 4.69) is 15.0 Å². The number of carbonyl (C=O) groups excluding carboxylic acids is 2. The molecule has 3 heterocycles. The first kappa shape index (κ1) is 16.8. The van der Waals surface area contributed by atoms with Crippen molar-refractivity contribution >= 4 is 11.9 Å². The lowest BCUT2D eigenvalue weighted by atomic mass is 10.0. The van der Waals surface area contributed by atoms with Crippen LogP contribution in [-0.4, -0.2) is 45.4 Å². The molecular weight excluding hydrogens is 332 g/mol. The van der Waals surface area contributed by atoms with Gasteiger partial charge in [-0.3, -0.25) is 14.6 Å². The number of hydrogen-bond acceptors (Lipinski definition) is 5. The summed E-state index contributed by atoms with van der Waals surface area (Å²) in [5.74, 6) is 0.513. The quantitative estimate of drug-likeness (QED) is 0.851. The zero-order valence-electron chi connectivity index (χ0n) is 14.8. The highest BCUT2D eigenvalue weighted by atomic mass is 16.5. The van der Waals surface area contributed by atoms with Crippen molar-refractivity contribution in [1.82, 2.24) is 19.9 Å². The number of amides is 1. The number of pyridine rings is 1. The second kappa shape index (κ2) is 6.90. The van der Waals surface area contributed by atoms with Gasteiger partial charge in [0.25, 0.3) is 0 Å². The predicted molar refractivity (Wildman–Crippen MR) is 93.8 cm³/mol. The fourth-order valence-electron chi connectivity index (χ4n) is 3.97. The Bertz CT molecular complexity index is 817. The molecule has 1 aliphatic carbocycles. The van der Waals surface area contributed by atoms with Crippen LogP contribution in [0, 0.1) is 11.8 Å². The van der Waals surface area contributed by atoms with E-state index in [1.165, 1.54) is 7.11 Å². The van der Waals surface area contributed by atoms with Gasteiger partial charge in [-0.2, -0.15) is 0 Å². The minimum atomic E-state index is -0.198. The molecule has 26 heavy (non-hydrogen) atoms. The van der Waals surface area contributed by atoms with E-state index in [0.29, 0.717) is 19.5 Å². The van der Waals surface area contributed by atoms with Crippen LogP contribution in [0.1, 0.15) is 30.7 Å². The molecule has 2 atom stereocenters. The number of ether oxygens (including phenoxy) is 1. The maximum absolute atomic E-state index is 12.9. The van der Waals surface area contributed by atoms with E-state index in [4.69, 9.17) is 4.74 Å². The number of imidazole rings is 1. The molecule has 0 bridgehead atoms. The molecule has 1 saturated carbocycles. The fraction of sp³-hybridized carbons (Fsp3) is 0.474. The van der Waals surface area contributed by atoms with E-state index in [0.717, 1.165) is 42.0 Å². The summed E-state index contributed by atoms with van der Waals surface area (Å²) in [6.45, 7) is 1.21. The minimum absolute atomic E-state index is 0.0821. The molecule has 1 amide bonds. The van der Waals surface area contributed by atoms with Crippen LogP contribution >= 0.6 is 0 Å². The highest BCUT2D eigenvalue weighted by molar-refractivity contribution is 5.81. The number of aromatic amines is 1. The van der Waals surface area contributed by atoms with Gasteiger partial charge in [0.1, 0.15) is 5.82 Å². The van der Waals surface area contributed by atoms with Gasteiger partial charge in [0.15, 0.2) is 0 Å². The van der Waals surface area contributed by atoms with E-state index >= 15 is 0 Å². The second-order valence-corrected chi connectivity index (χ2v) is 6.99. The van der Waals surface area contributed by atoms with E-state index in [1.54, 1.807) is 12.4 Å². The molecule has 0 radical (unpaired) electrons. The maximum Gasteiger partial charge on any atom is 0.308 e. The topological polar surface area (TPSA) is 88.2 Å². The molecule has 0 unspecified atom stereocenters. The van der Waals surface area contributed by atoms with Gasteiger partial charge in [0, 0.05) is 36.8 Å². The number of carbonyl (C=O) groups is 2. The Labute approximate surface area is 151 Å². The van der Waals surface area contributed by atoms with Crippen molar-refractivity contribution in [3.05, 3.63) is 35.9 Å². The number of nitrogens with one attached hydrogen (secondary N) is 1. The van der Waals surface area contributed by atoms with Crippen LogP contribution in [-0.2, 0) is 27.3 Å². The molecule has 4 rings (SSSR count). The monoisotopic (exact) mass is 354 g/mol. The van der Waals surface area contributed by atoms with Crippen molar-refractivity contribution in [1.29, 1.82) is 0 Å². The first-order chi connectivity index (χ1) is 12.7. The summed E-state index contributed by atoms with van der Waals surface area (Å²) in [6.07, 6.45) is 6.33. The summed E-state index contributed by atoms with van der Waals surface area (Å²) in [5.41, 5.74) is 2.95. The number of methoxy groups -OCH3 is 1. The Morgan fingerprint density at radius 1 is 1.31 bits per heavy atom. The van der Waals surface area contributed by atoms with Gasteiger partial charge in [-0.25, -0.2) is 4.98 Å². The molecule has 0 spiro atoms. The SMILES string of the molecule is COC(=O)[C@@H]1CC[C@H](C(=O)N2CCc3nc(-c4cccnc4)[nH]c3C2)C1. The average Bonchev–Trinajstić information content (AvgIpc) is 3.34. The molecule has 7 heteroatoms. The summed E-state index contributed by atoms with van der Waals surface area (Å²) in [5, 5.41) is 0. The summed E-state index contributed by atoms with van der Waals surface area (Å²) in [7, 11) is 1.40. The summed E-state index contributed by atoms with van der Waals surface area (Å²) in [6, 6.07) is 3.84. The lowest BCUT2D eigenvalue weighted by Crippen LogP contribution is -2.39. The van der Waals surface area contributed by atoms with Gasteiger partial charge < -0.3 is 14.6 Å². The van der Waals surface area contributed by atoms with Crippen LogP contribution in [0.25, 0.3) is 11.4 Å². The molecule has 1 aliphatic heterocycles. The van der Waals surface area contributed by atoms with Gasteiger partial charge >= 0.3 is 5.97 Å². The van der Waals surface area contributed by atoms with E-state index in [1.807, 2.05) is 17.0 Å². The zero-order chi connectivity index (χ0) is 18.1. The molecule has 7 nitrogen and oxygen atoms in total. The van der Waals surface area contributed by atoms with Crippen LogP contribution in [0.15, 0.2) is 24.5 Å². The van der Waals surface area contributed by atoms with Crippen LogP contribution < -0.4 is 0 Å². The van der Waals surface area contributed by atoms with Crippen LogP contribution in [0.5, 0.6) is 0 Å². The third-order valence-corrected chi connectivity index (χ3v) is 5.39. The number of nitrogens with zero attached hydrogens (tertiary/aromatic N) is 3. The number of rotatable bonds is 3. The highest BCUT2D eigenvalue weighted by Gasteiger charge is 2.37. The second-order valence-electron chi connectivity index (χ2n) is 6.99. The lowest BCUT2D eigenvalue weighted by Gasteiger charge is -2.28. The van der Waals surface area contributed by atoms with Crippen molar-refractivity contribution in [3.63, 3.8) is 0 Å². The molecule has 2 aromatic heterocycles. The van der Waals surface area contributed by atoms with E-state index in [-0.39, 0.29) is 23.7 Å². The first-order valence-corrected chi connectivity index (χ1v) is 9.00. The molecule has 2 aromatic rings. The Morgan fingerprint density at radius 2 is 2.15 bits per heavy atom. The standard InChI is InChI=1S/C19H22N4O3/c1-26-19(25)13-5-4-12(9-13)18(24)23-8-6-15-16(11-23)22-17(21-15)14-3-2-7-20-10-14/h2-3,7,10,12-13H,4-6,8-9,11H2,1H3,(H,21,22)/t12-,13+/m0/s1. The molecule has 2 aliphatic rings.